The Bertz CT molecular complexity index is 721. The van der Waals surface area contributed by atoms with E-state index in [2.05, 4.69) is 24.3 Å². The summed E-state index contributed by atoms with van der Waals surface area (Å²) in [5, 5.41) is 17.7. The molecule has 1 amide bonds. The quantitative estimate of drug-likeness (QED) is 0.911. The molecule has 2 atom stereocenters. The van der Waals surface area contributed by atoms with E-state index in [4.69, 9.17) is 0 Å². The Hall–Kier alpha value is -2.14. The molecule has 0 fully saturated rings. The fourth-order valence-electron chi connectivity index (χ4n) is 3.11. The van der Waals surface area contributed by atoms with Crippen molar-refractivity contribution in [3.8, 4) is 0 Å². The molecule has 122 valence electrons. The van der Waals surface area contributed by atoms with Crippen LogP contribution in [0.5, 0.6) is 0 Å². The summed E-state index contributed by atoms with van der Waals surface area (Å²) in [4.78, 5) is 12.7. The van der Waals surface area contributed by atoms with Crippen molar-refractivity contribution >= 4 is 5.91 Å². The highest BCUT2D eigenvalue weighted by atomic mass is 16.3. The van der Waals surface area contributed by atoms with Gasteiger partial charge in [-0.3, -0.25) is 9.48 Å². The standard InChI is InChI=1S/C18H23N3O2/c1-4-21-15(10-14(20-21)11(2)3)18(23)19-17-13-8-6-5-7-12(13)9-16(17)22/h5-8,10-11,16-17,22H,4,9H2,1-3H3,(H,19,23). The van der Waals surface area contributed by atoms with Crippen LogP contribution in [0.2, 0.25) is 0 Å². The number of hydrogen-bond acceptors (Lipinski definition) is 3. The first-order valence-corrected chi connectivity index (χ1v) is 8.15. The number of nitrogens with one attached hydrogen (secondary N) is 1. The van der Waals surface area contributed by atoms with Gasteiger partial charge in [0.25, 0.3) is 5.91 Å². The zero-order valence-corrected chi connectivity index (χ0v) is 13.8. The fourth-order valence-corrected chi connectivity index (χ4v) is 3.11. The second-order valence-electron chi connectivity index (χ2n) is 6.35. The summed E-state index contributed by atoms with van der Waals surface area (Å²) >= 11 is 0. The summed E-state index contributed by atoms with van der Waals surface area (Å²) in [6, 6.07) is 9.34. The smallest absolute Gasteiger partial charge is 0.270 e. The molecule has 2 unspecified atom stereocenters. The SMILES string of the molecule is CCn1nc(C(C)C)cc1C(=O)NC1c2ccccc2CC1O. The van der Waals surface area contributed by atoms with Gasteiger partial charge < -0.3 is 10.4 Å². The van der Waals surface area contributed by atoms with Crippen molar-refractivity contribution in [2.24, 2.45) is 0 Å². The molecule has 0 bridgehead atoms. The van der Waals surface area contributed by atoms with Crippen LogP contribution >= 0.6 is 0 Å². The Morgan fingerprint density at radius 1 is 1.43 bits per heavy atom. The maximum Gasteiger partial charge on any atom is 0.270 e. The van der Waals surface area contributed by atoms with Crippen molar-refractivity contribution in [2.45, 2.75) is 51.8 Å². The van der Waals surface area contributed by atoms with Gasteiger partial charge in [0.15, 0.2) is 0 Å². The second-order valence-corrected chi connectivity index (χ2v) is 6.35. The minimum Gasteiger partial charge on any atom is -0.390 e. The van der Waals surface area contributed by atoms with Crippen LogP contribution < -0.4 is 5.32 Å². The van der Waals surface area contributed by atoms with Gasteiger partial charge in [-0.05, 0) is 30.0 Å². The van der Waals surface area contributed by atoms with Gasteiger partial charge in [-0.2, -0.15) is 5.10 Å². The number of carbonyl (C=O) groups is 1. The summed E-state index contributed by atoms with van der Waals surface area (Å²) in [5.74, 6) is 0.0825. The zero-order chi connectivity index (χ0) is 16.6. The average molecular weight is 313 g/mol. The number of rotatable bonds is 4. The van der Waals surface area contributed by atoms with Gasteiger partial charge in [-0.15, -0.1) is 0 Å². The lowest BCUT2D eigenvalue weighted by Crippen LogP contribution is -2.35. The van der Waals surface area contributed by atoms with Crippen LogP contribution in [0.3, 0.4) is 0 Å². The summed E-state index contributed by atoms with van der Waals surface area (Å²) < 4.78 is 1.72. The lowest BCUT2D eigenvalue weighted by atomic mass is 10.1. The van der Waals surface area contributed by atoms with Gasteiger partial charge in [0.05, 0.1) is 17.8 Å². The van der Waals surface area contributed by atoms with E-state index < -0.39 is 6.10 Å². The van der Waals surface area contributed by atoms with E-state index in [1.165, 1.54) is 0 Å². The van der Waals surface area contributed by atoms with E-state index in [0.717, 1.165) is 16.8 Å². The third kappa shape index (κ3) is 2.88. The van der Waals surface area contributed by atoms with Crippen LogP contribution in [0.1, 0.15) is 60.0 Å². The summed E-state index contributed by atoms with van der Waals surface area (Å²) in [6.45, 7) is 6.72. The van der Waals surface area contributed by atoms with Crippen LogP contribution in [0, 0.1) is 0 Å². The van der Waals surface area contributed by atoms with Gasteiger partial charge in [-0.1, -0.05) is 38.1 Å². The number of amides is 1. The molecule has 3 rings (SSSR count). The number of benzene rings is 1. The van der Waals surface area contributed by atoms with Crippen LogP contribution in [0.15, 0.2) is 30.3 Å². The molecule has 0 saturated heterocycles. The second kappa shape index (κ2) is 6.16. The predicted octanol–water partition coefficient (Wildman–Crippen LogP) is 2.41. The maximum atomic E-state index is 12.7. The third-order valence-electron chi connectivity index (χ3n) is 4.41. The largest absolute Gasteiger partial charge is 0.390 e. The Morgan fingerprint density at radius 3 is 2.87 bits per heavy atom. The first-order chi connectivity index (χ1) is 11.0. The molecule has 5 nitrogen and oxygen atoms in total. The van der Waals surface area contributed by atoms with E-state index in [0.29, 0.717) is 18.7 Å². The molecule has 0 spiro atoms. The monoisotopic (exact) mass is 313 g/mol. The molecule has 23 heavy (non-hydrogen) atoms. The Balaban J connectivity index is 1.85. The van der Waals surface area contributed by atoms with Gasteiger partial charge in [0.2, 0.25) is 0 Å². The van der Waals surface area contributed by atoms with Crippen molar-refractivity contribution in [1.29, 1.82) is 0 Å². The highest BCUT2D eigenvalue weighted by molar-refractivity contribution is 5.93. The zero-order valence-electron chi connectivity index (χ0n) is 13.8. The average Bonchev–Trinajstić information content (AvgIpc) is 3.09. The lowest BCUT2D eigenvalue weighted by molar-refractivity contribution is 0.0848. The van der Waals surface area contributed by atoms with Gasteiger partial charge in [0.1, 0.15) is 5.69 Å². The highest BCUT2D eigenvalue weighted by Crippen LogP contribution is 2.31. The molecule has 1 aliphatic rings. The molecule has 2 aromatic rings. The molecule has 1 aromatic heterocycles. The van der Waals surface area contributed by atoms with Gasteiger partial charge >= 0.3 is 0 Å². The molecule has 1 heterocycles. The predicted molar refractivity (Wildman–Crippen MR) is 88.4 cm³/mol. The Morgan fingerprint density at radius 2 is 2.17 bits per heavy atom. The number of nitrogens with zero attached hydrogens (tertiary/aromatic N) is 2. The maximum absolute atomic E-state index is 12.7. The first-order valence-electron chi connectivity index (χ1n) is 8.15. The molecular weight excluding hydrogens is 290 g/mol. The van der Waals surface area contributed by atoms with Crippen molar-refractivity contribution in [3.05, 3.63) is 52.8 Å². The van der Waals surface area contributed by atoms with Gasteiger partial charge in [-0.25, -0.2) is 0 Å². The molecule has 0 saturated carbocycles. The topological polar surface area (TPSA) is 67.2 Å². The number of aromatic nitrogens is 2. The van der Waals surface area contributed by atoms with Crippen LogP contribution in [0.4, 0.5) is 0 Å². The first kappa shape index (κ1) is 15.7. The Labute approximate surface area is 136 Å². The molecule has 2 N–H and O–H groups in total. The van der Waals surface area contributed by atoms with Crippen molar-refractivity contribution < 1.29 is 9.90 Å². The number of fused-ring (bicyclic) bond motifs is 1. The number of hydrogen-bond donors (Lipinski definition) is 2. The molecule has 0 radical (unpaired) electrons. The summed E-state index contributed by atoms with van der Waals surface area (Å²) in [5.41, 5.74) is 3.55. The number of aryl methyl sites for hydroxylation is 1. The Kier molecular flexibility index (Phi) is 4.22. The van der Waals surface area contributed by atoms with Crippen LogP contribution in [0.25, 0.3) is 0 Å². The van der Waals surface area contributed by atoms with Gasteiger partial charge in [0, 0.05) is 13.0 Å². The lowest BCUT2D eigenvalue weighted by Gasteiger charge is -2.18. The van der Waals surface area contributed by atoms with Crippen molar-refractivity contribution in [3.63, 3.8) is 0 Å². The number of aliphatic hydroxyl groups excluding tert-OH is 1. The van der Waals surface area contributed by atoms with E-state index in [1.807, 2.05) is 37.3 Å². The van der Waals surface area contributed by atoms with Crippen LogP contribution in [-0.2, 0) is 13.0 Å². The van der Waals surface area contributed by atoms with E-state index in [1.54, 1.807) is 4.68 Å². The third-order valence-corrected chi connectivity index (χ3v) is 4.41. The van der Waals surface area contributed by atoms with Crippen molar-refractivity contribution in [2.75, 3.05) is 0 Å². The van der Waals surface area contributed by atoms with Crippen LogP contribution in [-0.4, -0.2) is 26.9 Å². The van der Waals surface area contributed by atoms with E-state index >= 15 is 0 Å². The summed E-state index contributed by atoms with van der Waals surface area (Å²) in [7, 11) is 0. The minimum atomic E-state index is -0.584. The highest BCUT2D eigenvalue weighted by Gasteiger charge is 2.32. The molecular formula is C18H23N3O2. The molecule has 1 aromatic carbocycles. The minimum absolute atomic E-state index is 0.188. The normalized spacial score (nSPS) is 19.9. The number of carbonyl (C=O) groups excluding carboxylic acids is 1. The van der Waals surface area contributed by atoms with E-state index in [9.17, 15) is 9.90 Å². The van der Waals surface area contributed by atoms with E-state index in [-0.39, 0.29) is 17.9 Å². The summed E-state index contributed by atoms with van der Waals surface area (Å²) in [6.07, 6.45) is -0.00953. The molecule has 1 aliphatic carbocycles. The fraction of sp³-hybridized carbons (Fsp3) is 0.444. The van der Waals surface area contributed by atoms with Crippen molar-refractivity contribution in [1.82, 2.24) is 15.1 Å². The molecule has 0 aliphatic heterocycles. The number of aliphatic hydroxyl groups is 1. The molecule has 5 heteroatoms.